The summed E-state index contributed by atoms with van der Waals surface area (Å²) in [5.74, 6) is 0.851. The van der Waals surface area contributed by atoms with Crippen LogP contribution in [-0.2, 0) is 12.8 Å². The van der Waals surface area contributed by atoms with Crippen LogP contribution in [0.25, 0.3) is 22.4 Å². The maximum absolute atomic E-state index is 6.03. The number of aromatic amines is 1. The van der Waals surface area contributed by atoms with Gasteiger partial charge in [0.25, 0.3) is 0 Å². The first-order valence-electron chi connectivity index (χ1n) is 6.77. The number of anilines is 1. The minimum absolute atomic E-state index is 0.608. The molecule has 1 aliphatic carbocycles. The van der Waals surface area contributed by atoms with Crippen molar-refractivity contribution in [2.24, 2.45) is 0 Å². The summed E-state index contributed by atoms with van der Waals surface area (Å²) < 4.78 is 0. The first kappa shape index (κ1) is 11.8. The number of hydrogen-bond acceptors (Lipinski definition) is 2. The van der Waals surface area contributed by atoms with Gasteiger partial charge >= 0.3 is 0 Å². The number of rotatable bonds is 1. The lowest BCUT2D eigenvalue weighted by Crippen LogP contribution is -1.87. The summed E-state index contributed by atoms with van der Waals surface area (Å²) in [5.41, 5.74) is 12.3. The average molecular weight is 284 g/mol. The van der Waals surface area contributed by atoms with Crippen LogP contribution >= 0.6 is 11.6 Å². The lowest BCUT2D eigenvalue weighted by Gasteiger charge is -2.01. The number of fused-ring (bicyclic) bond motifs is 2. The predicted molar refractivity (Wildman–Crippen MR) is 83.0 cm³/mol. The Morgan fingerprint density at radius 1 is 1.10 bits per heavy atom. The Morgan fingerprint density at radius 3 is 2.85 bits per heavy atom. The van der Waals surface area contributed by atoms with Gasteiger partial charge in [0.2, 0.25) is 0 Å². The Balaban J connectivity index is 1.88. The maximum atomic E-state index is 6.03. The zero-order valence-electron chi connectivity index (χ0n) is 10.9. The summed E-state index contributed by atoms with van der Waals surface area (Å²) in [5, 5.41) is 0.624. The molecule has 1 heterocycles. The molecule has 0 fully saturated rings. The predicted octanol–water partition coefficient (Wildman–Crippen LogP) is 3.95. The van der Waals surface area contributed by atoms with E-state index in [0.29, 0.717) is 10.7 Å². The summed E-state index contributed by atoms with van der Waals surface area (Å²) in [7, 11) is 0. The molecular formula is C16H14ClN3. The van der Waals surface area contributed by atoms with Crippen molar-refractivity contribution in [1.82, 2.24) is 9.97 Å². The van der Waals surface area contributed by atoms with Gasteiger partial charge in [-0.2, -0.15) is 0 Å². The second-order valence-corrected chi connectivity index (χ2v) is 5.75. The second-order valence-electron chi connectivity index (χ2n) is 5.31. The van der Waals surface area contributed by atoms with Crippen LogP contribution in [-0.4, -0.2) is 9.97 Å². The molecule has 1 aromatic heterocycles. The van der Waals surface area contributed by atoms with Crippen LogP contribution in [0.5, 0.6) is 0 Å². The number of benzene rings is 2. The van der Waals surface area contributed by atoms with Gasteiger partial charge in [-0.3, -0.25) is 0 Å². The van der Waals surface area contributed by atoms with E-state index in [1.54, 1.807) is 6.07 Å². The van der Waals surface area contributed by atoms with E-state index in [9.17, 15) is 0 Å². The van der Waals surface area contributed by atoms with Gasteiger partial charge in [-0.1, -0.05) is 23.7 Å². The number of hydrogen-bond donors (Lipinski definition) is 2. The van der Waals surface area contributed by atoms with Crippen molar-refractivity contribution in [2.45, 2.75) is 19.3 Å². The van der Waals surface area contributed by atoms with E-state index in [1.807, 2.05) is 6.07 Å². The van der Waals surface area contributed by atoms with Crippen molar-refractivity contribution < 1.29 is 0 Å². The topological polar surface area (TPSA) is 54.7 Å². The van der Waals surface area contributed by atoms with Crippen LogP contribution in [0.4, 0.5) is 5.69 Å². The van der Waals surface area contributed by atoms with E-state index in [2.05, 4.69) is 28.2 Å². The van der Waals surface area contributed by atoms with Crippen LogP contribution in [0.15, 0.2) is 30.3 Å². The van der Waals surface area contributed by atoms with E-state index in [4.69, 9.17) is 17.3 Å². The third-order valence-electron chi connectivity index (χ3n) is 3.95. The molecule has 0 aliphatic heterocycles. The van der Waals surface area contributed by atoms with Crippen molar-refractivity contribution in [3.63, 3.8) is 0 Å². The second kappa shape index (κ2) is 4.25. The highest BCUT2D eigenvalue weighted by atomic mass is 35.5. The third kappa shape index (κ3) is 1.78. The molecule has 100 valence electrons. The molecule has 0 saturated heterocycles. The van der Waals surface area contributed by atoms with Gasteiger partial charge in [0.15, 0.2) is 0 Å². The highest BCUT2D eigenvalue weighted by Crippen LogP contribution is 2.30. The molecule has 0 bridgehead atoms. The van der Waals surface area contributed by atoms with Crippen molar-refractivity contribution in [1.29, 1.82) is 0 Å². The van der Waals surface area contributed by atoms with Gasteiger partial charge in [0.1, 0.15) is 11.3 Å². The lowest BCUT2D eigenvalue weighted by molar-refractivity contribution is 0.912. The molecule has 0 spiro atoms. The van der Waals surface area contributed by atoms with Crippen LogP contribution in [0.2, 0.25) is 5.02 Å². The molecule has 4 rings (SSSR count). The molecule has 0 unspecified atom stereocenters. The Morgan fingerprint density at radius 2 is 1.95 bits per heavy atom. The SMILES string of the molecule is Nc1cc(Cl)cc2[nH]c(-c3ccc4c(c3)CCC4)nc12. The van der Waals surface area contributed by atoms with Gasteiger partial charge in [0.05, 0.1) is 11.2 Å². The molecule has 1 aliphatic rings. The van der Waals surface area contributed by atoms with Crippen molar-refractivity contribution in [3.8, 4) is 11.4 Å². The number of halogens is 1. The molecule has 0 atom stereocenters. The largest absolute Gasteiger partial charge is 0.397 e. The molecule has 0 amide bonds. The maximum Gasteiger partial charge on any atom is 0.138 e. The average Bonchev–Trinajstić information content (AvgIpc) is 3.03. The molecule has 3 nitrogen and oxygen atoms in total. The number of H-pyrrole nitrogens is 1. The van der Waals surface area contributed by atoms with Crippen LogP contribution in [0, 0.1) is 0 Å². The van der Waals surface area contributed by atoms with Crippen molar-refractivity contribution >= 4 is 28.3 Å². The van der Waals surface area contributed by atoms with Gasteiger partial charge < -0.3 is 10.7 Å². The Hall–Kier alpha value is -2.00. The third-order valence-corrected chi connectivity index (χ3v) is 4.17. The fourth-order valence-electron chi connectivity index (χ4n) is 2.96. The molecule has 0 radical (unpaired) electrons. The molecule has 2 aromatic carbocycles. The smallest absolute Gasteiger partial charge is 0.138 e. The minimum atomic E-state index is 0.608. The zero-order chi connectivity index (χ0) is 13.7. The Bertz CT molecular complexity index is 820. The summed E-state index contributed by atoms with van der Waals surface area (Å²) in [4.78, 5) is 7.92. The minimum Gasteiger partial charge on any atom is -0.397 e. The number of imidazole rings is 1. The van der Waals surface area contributed by atoms with Gasteiger partial charge in [-0.25, -0.2) is 4.98 Å². The number of aromatic nitrogens is 2. The number of aryl methyl sites for hydroxylation is 2. The summed E-state index contributed by atoms with van der Waals surface area (Å²) in [6, 6.07) is 10.2. The Kier molecular flexibility index (Phi) is 2.51. The summed E-state index contributed by atoms with van der Waals surface area (Å²) in [6.07, 6.45) is 3.61. The van der Waals surface area contributed by atoms with Gasteiger partial charge in [-0.15, -0.1) is 0 Å². The number of nitrogen functional groups attached to an aromatic ring is 1. The molecular weight excluding hydrogens is 270 g/mol. The highest BCUT2D eigenvalue weighted by molar-refractivity contribution is 6.31. The van der Waals surface area contributed by atoms with Crippen LogP contribution < -0.4 is 5.73 Å². The fourth-order valence-corrected chi connectivity index (χ4v) is 3.19. The van der Waals surface area contributed by atoms with E-state index < -0.39 is 0 Å². The first-order valence-corrected chi connectivity index (χ1v) is 7.15. The molecule has 4 heteroatoms. The molecule has 3 N–H and O–H groups in total. The summed E-state index contributed by atoms with van der Waals surface area (Å²) >= 11 is 6.03. The van der Waals surface area contributed by atoms with E-state index in [0.717, 1.165) is 28.8 Å². The fraction of sp³-hybridized carbons (Fsp3) is 0.188. The van der Waals surface area contributed by atoms with Gasteiger partial charge in [0, 0.05) is 10.6 Å². The molecule has 20 heavy (non-hydrogen) atoms. The summed E-state index contributed by atoms with van der Waals surface area (Å²) in [6.45, 7) is 0. The molecule has 0 saturated carbocycles. The monoisotopic (exact) mass is 283 g/mol. The zero-order valence-corrected chi connectivity index (χ0v) is 11.7. The molecule has 3 aromatic rings. The van der Waals surface area contributed by atoms with Gasteiger partial charge in [-0.05, 0) is 48.6 Å². The van der Waals surface area contributed by atoms with Crippen molar-refractivity contribution in [3.05, 3.63) is 46.5 Å². The normalized spacial score (nSPS) is 13.8. The number of nitrogens with zero attached hydrogens (tertiary/aromatic N) is 1. The van der Waals surface area contributed by atoms with Crippen LogP contribution in [0.3, 0.4) is 0 Å². The number of nitrogens with two attached hydrogens (primary N) is 1. The van der Waals surface area contributed by atoms with E-state index in [-0.39, 0.29) is 0 Å². The number of nitrogens with one attached hydrogen (secondary N) is 1. The quantitative estimate of drug-likeness (QED) is 0.664. The van der Waals surface area contributed by atoms with E-state index in [1.165, 1.54) is 24.0 Å². The standard InChI is InChI=1S/C16H14ClN3/c17-12-7-13(18)15-14(8-12)19-16(20-15)11-5-4-9-2-1-3-10(9)6-11/h4-8H,1-3,18H2,(H,19,20). The highest BCUT2D eigenvalue weighted by Gasteiger charge is 2.14. The first-order chi connectivity index (χ1) is 9.70. The lowest BCUT2D eigenvalue weighted by atomic mass is 10.1. The Labute approximate surface area is 121 Å². The van der Waals surface area contributed by atoms with Crippen LogP contribution in [0.1, 0.15) is 17.5 Å². The van der Waals surface area contributed by atoms with E-state index >= 15 is 0 Å². The van der Waals surface area contributed by atoms with Crippen molar-refractivity contribution in [2.75, 3.05) is 5.73 Å².